The van der Waals surface area contributed by atoms with Gasteiger partial charge in [0.05, 0.1) is 0 Å². The van der Waals surface area contributed by atoms with E-state index in [1.807, 2.05) is 31.0 Å². The Labute approximate surface area is 144 Å². The summed E-state index contributed by atoms with van der Waals surface area (Å²) in [4.78, 5) is 20.6. The van der Waals surface area contributed by atoms with Crippen LogP contribution >= 0.6 is 0 Å². The van der Waals surface area contributed by atoms with Crippen LogP contribution in [0.15, 0.2) is 24.5 Å². The number of nitrogens with zero attached hydrogens (tertiary/aromatic N) is 3. The summed E-state index contributed by atoms with van der Waals surface area (Å²) in [6.07, 6.45) is 5.48. The highest BCUT2D eigenvalue weighted by atomic mass is 16.3. The van der Waals surface area contributed by atoms with Crippen LogP contribution in [0, 0.1) is 5.41 Å². The fraction of sp³-hybridized carbons (Fsp3) is 0.667. The molecule has 2 rings (SSSR count). The van der Waals surface area contributed by atoms with E-state index in [4.69, 9.17) is 0 Å². The predicted molar refractivity (Wildman–Crippen MR) is 94.6 cm³/mol. The first-order valence-corrected chi connectivity index (χ1v) is 8.75. The summed E-state index contributed by atoms with van der Waals surface area (Å²) >= 11 is 0. The summed E-state index contributed by atoms with van der Waals surface area (Å²) in [7, 11) is 0. The average molecular weight is 334 g/mol. The van der Waals surface area contributed by atoms with E-state index in [0.717, 1.165) is 45.6 Å². The fourth-order valence-electron chi connectivity index (χ4n) is 2.81. The molecule has 6 heteroatoms. The molecule has 2 N–H and O–H groups in total. The third kappa shape index (κ3) is 6.09. The van der Waals surface area contributed by atoms with E-state index in [0.29, 0.717) is 6.54 Å². The Balaban J connectivity index is 1.64. The van der Waals surface area contributed by atoms with Crippen LogP contribution in [0.4, 0.5) is 4.79 Å². The lowest BCUT2D eigenvalue weighted by molar-refractivity contribution is 0.133. The Morgan fingerprint density at radius 2 is 2.08 bits per heavy atom. The van der Waals surface area contributed by atoms with Crippen molar-refractivity contribution in [3.8, 4) is 0 Å². The average Bonchev–Trinajstić information content (AvgIpc) is 2.60. The third-order valence-electron chi connectivity index (χ3n) is 4.52. The van der Waals surface area contributed by atoms with Crippen LogP contribution < -0.4 is 5.32 Å². The van der Waals surface area contributed by atoms with Gasteiger partial charge in [-0.3, -0.25) is 9.88 Å². The molecule has 1 fully saturated rings. The zero-order chi connectivity index (χ0) is 17.4. The molecule has 1 saturated heterocycles. The Morgan fingerprint density at radius 3 is 2.71 bits per heavy atom. The number of nitrogens with one attached hydrogen (secondary N) is 1. The van der Waals surface area contributed by atoms with Gasteiger partial charge in [-0.05, 0) is 29.9 Å². The molecular formula is C18H30N4O2. The number of amides is 2. The third-order valence-corrected chi connectivity index (χ3v) is 4.52. The van der Waals surface area contributed by atoms with E-state index >= 15 is 0 Å². The molecule has 134 valence electrons. The standard InChI is InChI=1S/C18H30N4O2/c1-18(2,15-23)6-4-8-20-17(24)22-11-9-21(10-12-22)14-16-5-3-7-19-13-16/h3,5,7,13,23H,4,6,8-12,14-15H2,1-2H3,(H,20,24). The number of carbonyl (C=O) groups is 1. The summed E-state index contributed by atoms with van der Waals surface area (Å²) in [6, 6.07) is 4.06. The smallest absolute Gasteiger partial charge is 0.317 e. The van der Waals surface area contributed by atoms with Crippen LogP contribution in [-0.2, 0) is 6.54 Å². The number of hydrogen-bond acceptors (Lipinski definition) is 4. The number of pyridine rings is 1. The number of piperazine rings is 1. The fourth-order valence-corrected chi connectivity index (χ4v) is 2.81. The molecule has 0 aromatic carbocycles. The maximum Gasteiger partial charge on any atom is 0.317 e. The molecule has 2 heterocycles. The number of aliphatic hydroxyl groups excluding tert-OH is 1. The van der Waals surface area contributed by atoms with Crippen LogP contribution in [-0.4, -0.2) is 65.3 Å². The van der Waals surface area contributed by atoms with E-state index in [9.17, 15) is 9.90 Å². The summed E-state index contributed by atoms with van der Waals surface area (Å²) in [6.45, 7) is 9.10. The van der Waals surface area contributed by atoms with Gasteiger partial charge in [-0.2, -0.15) is 0 Å². The highest BCUT2D eigenvalue weighted by molar-refractivity contribution is 5.74. The zero-order valence-corrected chi connectivity index (χ0v) is 14.9. The molecule has 1 aromatic rings. The van der Waals surface area contributed by atoms with E-state index in [1.54, 1.807) is 6.20 Å². The second-order valence-corrected chi connectivity index (χ2v) is 7.28. The number of aromatic nitrogens is 1. The Bertz CT molecular complexity index is 499. The van der Waals surface area contributed by atoms with Crippen LogP contribution in [0.5, 0.6) is 0 Å². The number of rotatable bonds is 7. The van der Waals surface area contributed by atoms with Crippen LogP contribution in [0.25, 0.3) is 0 Å². The zero-order valence-electron chi connectivity index (χ0n) is 14.9. The SMILES string of the molecule is CC(C)(CO)CCCNC(=O)N1CCN(Cc2cccnc2)CC1. The first-order valence-electron chi connectivity index (χ1n) is 8.75. The van der Waals surface area contributed by atoms with Gasteiger partial charge in [0.2, 0.25) is 0 Å². The molecule has 1 aliphatic heterocycles. The van der Waals surface area contributed by atoms with Gasteiger partial charge in [0.25, 0.3) is 0 Å². The van der Waals surface area contributed by atoms with Crippen molar-refractivity contribution in [2.24, 2.45) is 5.41 Å². The van der Waals surface area contributed by atoms with Crippen molar-refractivity contribution in [2.75, 3.05) is 39.3 Å². The molecule has 0 aliphatic carbocycles. The molecule has 0 atom stereocenters. The number of urea groups is 1. The Kier molecular flexibility index (Phi) is 6.99. The van der Waals surface area contributed by atoms with Gasteiger partial charge in [0.15, 0.2) is 0 Å². The van der Waals surface area contributed by atoms with Crippen molar-refractivity contribution in [3.05, 3.63) is 30.1 Å². The largest absolute Gasteiger partial charge is 0.396 e. The number of hydrogen-bond donors (Lipinski definition) is 2. The predicted octanol–water partition coefficient (Wildman–Crippen LogP) is 1.71. The lowest BCUT2D eigenvalue weighted by Gasteiger charge is -2.34. The number of carbonyl (C=O) groups excluding carboxylic acids is 1. The van der Waals surface area contributed by atoms with Gasteiger partial charge in [0, 0.05) is 58.3 Å². The van der Waals surface area contributed by atoms with Crippen molar-refractivity contribution < 1.29 is 9.90 Å². The first kappa shape index (κ1) is 18.7. The highest BCUT2D eigenvalue weighted by Crippen LogP contribution is 2.20. The Morgan fingerprint density at radius 1 is 1.33 bits per heavy atom. The van der Waals surface area contributed by atoms with E-state index in [-0.39, 0.29) is 18.1 Å². The van der Waals surface area contributed by atoms with E-state index in [2.05, 4.69) is 21.3 Å². The van der Waals surface area contributed by atoms with Crippen molar-refractivity contribution in [1.29, 1.82) is 0 Å². The maximum atomic E-state index is 12.2. The molecule has 2 amide bonds. The number of aliphatic hydroxyl groups is 1. The van der Waals surface area contributed by atoms with Crippen LogP contribution in [0.2, 0.25) is 0 Å². The minimum Gasteiger partial charge on any atom is -0.396 e. The molecule has 0 unspecified atom stereocenters. The van der Waals surface area contributed by atoms with Gasteiger partial charge in [-0.25, -0.2) is 4.79 Å². The molecule has 0 bridgehead atoms. The lowest BCUT2D eigenvalue weighted by atomic mass is 9.89. The van der Waals surface area contributed by atoms with Gasteiger partial charge in [-0.1, -0.05) is 19.9 Å². The molecule has 24 heavy (non-hydrogen) atoms. The monoisotopic (exact) mass is 334 g/mol. The molecule has 0 saturated carbocycles. The second-order valence-electron chi connectivity index (χ2n) is 7.28. The molecule has 0 radical (unpaired) electrons. The topological polar surface area (TPSA) is 68.7 Å². The summed E-state index contributed by atoms with van der Waals surface area (Å²) in [5, 5.41) is 12.2. The molecule has 0 spiro atoms. The van der Waals surface area contributed by atoms with Crippen molar-refractivity contribution in [1.82, 2.24) is 20.1 Å². The maximum absolute atomic E-state index is 12.2. The van der Waals surface area contributed by atoms with Gasteiger partial charge in [-0.15, -0.1) is 0 Å². The van der Waals surface area contributed by atoms with Gasteiger partial charge < -0.3 is 15.3 Å². The molecule has 6 nitrogen and oxygen atoms in total. The lowest BCUT2D eigenvalue weighted by Crippen LogP contribution is -2.51. The highest BCUT2D eigenvalue weighted by Gasteiger charge is 2.21. The minimum atomic E-state index is -0.0668. The summed E-state index contributed by atoms with van der Waals surface area (Å²) in [5.74, 6) is 0. The molecule has 1 aliphatic rings. The van der Waals surface area contributed by atoms with E-state index < -0.39 is 0 Å². The van der Waals surface area contributed by atoms with Crippen LogP contribution in [0.1, 0.15) is 32.3 Å². The molecular weight excluding hydrogens is 304 g/mol. The van der Waals surface area contributed by atoms with Crippen molar-refractivity contribution >= 4 is 6.03 Å². The molecule has 1 aromatic heterocycles. The van der Waals surface area contributed by atoms with Gasteiger partial charge in [0.1, 0.15) is 0 Å². The normalized spacial score (nSPS) is 16.2. The second kappa shape index (κ2) is 8.99. The minimum absolute atomic E-state index is 0.0258. The quantitative estimate of drug-likeness (QED) is 0.745. The summed E-state index contributed by atoms with van der Waals surface area (Å²) < 4.78 is 0. The van der Waals surface area contributed by atoms with Crippen molar-refractivity contribution in [3.63, 3.8) is 0 Å². The Hall–Kier alpha value is -1.66. The van der Waals surface area contributed by atoms with Crippen LogP contribution in [0.3, 0.4) is 0 Å². The van der Waals surface area contributed by atoms with E-state index in [1.165, 1.54) is 5.56 Å². The van der Waals surface area contributed by atoms with Gasteiger partial charge >= 0.3 is 6.03 Å². The van der Waals surface area contributed by atoms with Crippen molar-refractivity contribution in [2.45, 2.75) is 33.2 Å². The first-order chi connectivity index (χ1) is 11.5. The summed E-state index contributed by atoms with van der Waals surface area (Å²) in [5.41, 5.74) is 1.14.